The average Bonchev–Trinajstić information content (AvgIpc) is 2.23. The monoisotopic (exact) mass is 230 g/mol. The van der Waals surface area contributed by atoms with Crippen molar-refractivity contribution in [2.75, 3.05) is 0 Å². The van der Waals surface area contributed by atoms with E-state index in [9.17, 15) is 9.59 Å². The lowest BCUT2D eigenvalue weighted by Crippen LogP contribution is -2.02. The fraction of sp³-hybridized carbons (Fsp3) is 0.400. The van der Waals surface area contributed by atoms with E-state index in [2.05, 4.69) is 21.5 Å². The van der Waals surface area contributed by atoms with Crippen molar-refractivity contribution in [2.24, 2.45) is 0 Å². The van der Waals surface area contributed by atoms with Gasteiger partial charge in [-0.2, -0.15) is 0 Å². The summed E-state index contributed by atoms with van der Waals surface area (Å²) in [5, 5.41) is 0. The molecule has 0 saturated carbocycles. The second-order valence-electron chi connectivity index (χ2n) is 2.63. The molecule has 5 heteroatoms. The van der Waals surface area contributed by atoms with Crippen molar-refractivity contribution in [1.29, 1.82) is 0 Å². The summed E-state index contributed by atoms with van der Waals surface area (Å²) in [6.45, 7) is 6.93. The Balaban J connectivity index is 3.43. The zero-order valence-electron chi connectivity index (χ0n) is 8.44. The van der Waals surface area contributed by atoms with Gasteiger partial charge >= 0.3 is 11.9 Å². The Morgan fingerprint density at radius 3 is 1.73 bits per heavy atom. The summed E-state index contributed by atoms with van der Waals surface area (Å²) in [6, 6.07) is 0. The van der Waals surface area contributed by atoms with Crippen molar-refractivity contribution in [3.05, 3.63) is 25.3 Å². The number of allylic oxidation sites excluding steroid dienone is 2. The largest absolute Gasteiger partial charge is 0.355 e. The summed E-state index contributed by atoms with van der Waals surface area (Å²) in [5.41, 5.74) is 0. The van der Waals surface area contributed by atoms with E-state index in [0.717, 1.165) is 0 Å². The van der Waals surface area contributed by atoms with E-state index in [1.54, 1.807) is 12.2 Å². The molecule has 0 aromatic carbocycles. The van der Waals surface area contributed by atoms with Crippen molar-refractivity contribution in [1.82, 2.24) is 0 Å². The van der Waals surface area contributed by atoms with Gasteiger partial charge in [-0.25, -0.2) is 0 Å². The van der Waals surface area contributed by atoms with Crippen LogP contribution < -0.4 is 0 Å². The first-order valence-corrected chi connectivity index (χ1v) is 5.16. The van der Waals surface area contributed by atoms with Gasteiger partial charge in [-0.05, 0) is 12.8 Å². The first-order chi connectivity index (χ1) is 7.20. The zero-order valence-corrected chi connectivity index (χ0v) is 9.26. The highest BCUT2D eigenvalue weighted by Gasteiger charge is 2.06. The molecule has 4 nitrogen and oxygen atoms in total. The second-order valence-corrected chi connectivity index (χ2v) is 3.10. The van der Waals surface area contributed by atoms with Gasteiger partial charge in [0.25, 0.3) is 12.3 Å². The zero-order chi connectivity index (χ0) is 11.5. The third-order valence-corrected chi connectivity index (χ3v) is 1.87. The molecule has 15 heavy (non-hydrogen) atoms. The molecule has 0 aliphatic rings. The number of rotatable bonds is 8. The van der Waals surface area contributed by atoms with E-state index in [1.165, 1.54) is 0 Å². The van der Waals surface area contributed by atoms with E-state index >= 15 is 0 Å². The van der Waals surface area contributed by atoms with E-state index < -0.39 is 11.9 Å². The number of carbonyl (C=O) groups is 2. The highest BCUT2D eigenvalue weighted by Crippen LogP contribution is 2.09. The maximum atomic E-state index is 10.9. The van der Waals surface area contributed by atoms with Crippen LogP contribution in [-0.4, -0.2) is 11.9 Å². The van der Waals surface area contributed by atoms with Crippen LogP contribution in [0.15, 0.2) is 25.3 Å². The maximum absolute atomic E-state index is 10.9. The molecule has 0 atom stereocenters. The smallest absolute Gasteiger partial charge is 0.321 e. The molecule has 0 aliphatic carbocycles. The van der Waals surface area contributed by atoms with E-state index in [4.69, 9.17) is 0 Å². The Hall–Kier alpha value is -1.23. The van der Waals surface area contributed by atoms with Crippen LogP contribution in [0.25, 0.3) is 0 Å². The van der Waals surface area contributed by atoms with Crippen LogP contribution in [0.5, 0.6) is 0 Å². The predicted octanol–water partition coefficient (Wildman–Crippen LogP) is 2.57. The Kier molecular flexibility index (Phi) is 8.56. The molecule has 0 amide bonds. The number of carbonyl (C=O) groups excluding carboxylic acids is 2. The second kappa shape index (κ2) is 9.33. The Labute approximate surface area is 93.7 Å². The molecular formula is C10H14O4S. The normalized spacial score (nSPS) is 9.07. The predicted molar refractivity (Wildman–Crippen MR) is 58.6 cm³/mol. The van der Waals surface area contributed by atoms with Gasteiger partial charge in [0.15, 0.2) is 0 Å². The Morgan fingerprint density at radius 1 is 1.00 bits per heavy atom. The first-order valence-electron chi connectivity index (χ1n) is 4.49. The summed E-state index contributed by atoms with van der Waals surface area (Å²) in [5.74, 6) is -0.868. The fourth-order valence-electron chi connectivity index (χ4n) is 0.616. The lowest BCUT2D eigenvalue weighted by Gasteiger charge is -2.00. The molecule has 0 saturated heterocycles. The van der Waals surface area contributed by atoms with Crippen LogP contribution in [-0.2, 0) is 18.0 Å². The topological polar surface area (TPSA) is 52.6 Å². The summed E-state index contributed by atoms with van der Waals surface area (Å²) in [4.78, 5) is 21.8. The summed E-state index contributed by atoms with van der Waals surface area (Å²) in [6.07, 6.45) is 4.79. The van der Waals surface area contributed by atoms with Crippen molar-refractivity contribution >= 4 is 24.3 Å². The van der Waals surface area contributed by atoms with Crippen LogP contribution in [0, 0.1) is 0 Å². The molecule has 0 fully saturated rings. The fourth-order valence-corrected chi connectivity index (χ4v) is 0.969. The van der Waals surface area contributed by atoms with Gasteiger partial charge in [0.1, 0.15) is 0 Å². The van der Waals surface area contributed by atoms with Crippen LogP contribution >= 0.6 is 12.3 Å². The van der Waals surface area contributed by atoms with Crippen molar-refractivity contribution in [2.45, 2.75) is 25.7 Å². The lowest BCUT2D eigenvalue weighted by atomic mass is 10.3. The molecule has 0 radical (unpaired) electrons. The third kappa shape index (κ3) is 9.08. The molecular weight excluding hydrogens is 216 g/mol. The highest BCUT2D eigenvalue weighted by molar-refractivity contribution is 7.90. The van der Waals surface area contributed by atoms with E-state index in [0.29, 0.717) is 25.2 Å². The van der Waals surface area contributed by atoms with Gasteiger partial charge in [-0.1, -0.05) is 12.2 Å². The number of hydrogen-bond donors (Lipinski definition) is 0. The molecule has 0 rings (SSSR count). The van der Waals surface area contributed by atoms with Crippen LogP contribution in [0.3, 0.4) is 0 Å². The Morgan fingerprint density at radius 2 is 1.40 bits per heavy atom. The van der Waals surface area contributed by atoms with Crippen LogP contribution in [0.4, 0.5) is 0 Å². The van der Waals surface area contributed by atoms with E-state index in [1.807, 2.05) is 0 Å². The molecule has 0 N–H and O–H groups in total. The van der Waals surface area contributed by atoms with Gasteiger partial charge in [0.05, 0.1) is 12.8 Å². The van der Waals surface area contributed by atoms with Gasteiger partial charge in [-0.3, -0.25) is 9.59 Å². The number of hydrogen-bond acceptors (Lipinski definition) is 5. The van der Waals surface area contributed by atoms with Crippen molar-refractivity contribution in [3.8, 4) is 0 Å². The summed E-state index contributed by atoms with van der Waals surface area (Å²) in [7, 11) is 0. The van der Waals surface area contributed by atoms with E-state index in [-0.39, 0.29) is 12.8 Å². The average molecular weight is 230 g/mol. The minimum Gasteiger partial charge on any atom is -0.355 e. The summed E-state index contributed by atoms with van der Waals surface area (Å²) < 4.78 is 9.11. The quantitative estimate of drug-likeness (QED) is 0.474. The SMILES string of the molecule is C=CCCC(=O)OSOC(=O)CCC=C. The molecule has 84 valence electrons. The maximum Gasteiger partial charge on any atom is 0.321 e. The van der Waals surface area contributed by atoms with Crippen molar-refractivity contribution < 1.29 is 18.0 Å². The standard InChI is InChI=1S/C10H14O4S/c1-3-5-7-9(11)13-15-14-10(12)8-6-4-2/h3-4H,1-2,5-8H2. The summed E-state index contributed by atoms with van der Waals surface area (Å²) >= 11 is 0.403. The lowest BCUT2D eigenvalue weighted by molar-refractivity contribution is -0.135. The van der Waals surface area contributed by atoms with Gasteiger partial charge < -0.3 is 8.37 Å². The van der Waals surface area contributed by atoms with Gasteiger partial charge in [0, 0.05) is 0 Å². The van der Waals surface area contributed by atoms with Gasteiger partial charge in [0.2, 0.25) is 0 Å². The molecule has 0 aromatic rings. The first kappa shape index (κ1) is 13.8. The molecule has 0 unspecified atom stereocenters. The molecule has 0 aromatic heterocycles. The molecule has 0 heterocycles. The molecule has 0 spiro atoms. The highest BCUT2D eigenvalue weighted by atomic mass is 32.2. The Bertz CT molecular complexity index is 214. The van der Waals surface area contributed by atoms with Crippen molar-refractivity contribution in [3.63, 3.8) is 0 Å². The van der Waals surface area contributed by atoms with Crippen LogP contribution in [0.2, 0.25) is 0 Å². The van der Waals surface area contributed by atoms with Crippen LogP contribution in [0.1, 0.15) is 25.7 Å². The minimum absolute atomic E-state index is 0.237. The molecule has 0 bridgehead atoms. The third-order valence-electron chi connectivity index (χ3n) is 1.36. The minimum atomic E-state index is -0.434. The molecule has 0 aliphatic heterocycles. The van der Waals surface area contributed by atoms with Gasteiger partial charge in [-0.15, -0.1) is 13.2 Å².